The van der Waals surface area contributed by atoms with Gasteiger partial charge in [0.15, 0.2) is 17.1 Å². The Morgan fingerprint density at radius 3 is 2.95 bits per heavy atom. The molecular formula is C12H14BrNO3S2. The number of anilines is 1. The van der Waals surface area contributed by atoms with Gasteiger partial charge < -0.3 is 18.8 Å². The number of aliphatic hydroxyl groups excluding tert-OH is 1. The summed E-state index contributed by atoms with van der Waals surface area (Å²) in [6, 6.07) is 1.80. The highest BCUT2D eigenvalue weighted by Gasteiger charge is 2.12. The predicted octanol–water partition coefficient (Wildman–Crippen LogP) is 3.68. The van der Waals surface area contributed by atoms with Gasteiger partial charge in [-0.2, -0.15) is 11.8 Å². The van der Waals surface area contributed by atoms with Crippen LogP contribution in [0, 0.1) is 4.51 Å². The lowest BCUT2D eigenvalue weighted by molar-refractivity contribution is 0.322. The van der Waals surface area contributed by atoms with Gasteiger partial charge in [0.25, 0.3) is 0 Å². The smallest absolute Gasteiger partial charge is 0.197 e. The van der Waals surface area contributed by atoms with Crippen LogP contribution in [0.15, 0.2) is 25.6 Å². The summed E-state index contributed by atoms with van der Waals surface area (Å²) in [5.74, 6) is 2.39. The monoisotopic (exact) mass is 363 g/mol. The molecule has 0 atom stereocenters. The molecule has 1 N–H and O–H groups in total. The van der Waals surface area contributed by atoms with Crippen LogP contribution in [0.25, 0.3) is 11.2 Å². The van der Waals surface area contributed by atoms with Crippen molar-refractivity contribution in [2.24, 2.45) is 0 Å². The predicted molar refractivity (Wildman–Crippen MR) is 84.7 cm³/mol. The van der Waals surface area contributed by atoms with Crippen LogP contribution in [-0.4, -0.2) is 36.8 Å². The maximum absolute atomic E-state index is 8.73. The number of hydrogen-bond donors (Lipinski definition) is 1. The van der Waals surface area contributed by atoms with Crippen LogP contribution >= 0.6 is 39.9 Å². The van der Waals surface area contributed by atoms with E-state index in [0.717, 1.165) is 22.5 Å². The van der Waals surface area contributed by atoms with Gasteiger partial charge in [0.1, 0.15) is 6.26 Å². The average Bonchev–Trinajstić information content (AvgIpc) is 2.77. The molecule has 0 radical (unpaired) electrons. The standard InChI is InChI=1S/C12H14BrNO3S2/c1-14(2-4-19-5-3-15)10-6-9(18)12-11(17-10)8(13)7-16-12/h6-7,15H,2-5H2,1H3. The lowest BCUT2D eigenvalue weighted by Crippen LogP contribution is -2.20. The van der Waals surface area contributed by atoms with E-state index in [9.17, 15) is 0 Å². The summed E-state index contributed by atoms with van der Waals surface area (Å²) in [6.45, 7) is 1.03. The molecule has 2 heterocycles. The zero-order valence-corrected chi connectivity index (χ0v) is 13.6. The number of halogens is 1. The molecule has 2 rings (SSSR count). The first-order chi connectivity index (χ1) is 9.13. The molecule has 2 aromatic rings. The van der Waals surface area contributed by atoms with E-state index in [1.807, 2.05) is 11.9 Å². The fraction of sp³-hybridized carbons (Fsp3) is 0.417. The molecule has 7 heteroatoms. The number of hydrogen-bond acceptors (Lipinski definition) is 6. The van der Waals surface area contributed by atoms with Crippen LogP contribution in [0.3, 0.4) is 0 Å². The van der Waals surface area contributed by atoms with E-state index in [0.29, 0.717) is 21.6 Å². The normalized spacial score (nSPS) is 11.1. The van der Waals surface area contributed by atoms with Crippen molar-refractivity contribution in [1.82, 2.24) is 0 Å². The van der Waals surface area contributed by atoms with E-state index in [1.165, 1.54) is 0 Å². The van der Waals surface area contributed by atoms with Gasteiger partial charge in [-0.25, -0.2) is 0 Å². The lowest BCUT2D eigenvalue weighted by atomic mass is 10.4. The van der Waals surface area contributed by atoms with Gasteiger partial charge in [-0.05, 0) is 15.9 Å². The quantitative estimate of drug-likeness (QED) is 0.623. The van der Waals surface area contributed by atoms with Crippen molar-refractivity contribution in [2.45, 2.75) is 0 Å². The van der Waals surface area contributed by atoms with Crippen molar-refractivity contribution in [3.05, 3.63) is 21.3 Å². The Labute approximate surface area is 128 Å². The van der Waals surface area contributed by atoms with Gasteiger partial charge in [0, 0.05) is 31.2 Å². The molecule has 2 aromatic heterocycles. The van der Waals surface area contributed by atoms with Gasteiger partial charge >= 0.3 is 0 Å². The summed E-state index contributed by atoms with van der Waals surface area (Å²) in [4.78, 5) is 2.00. The molecular weight excluding hydrogens is 350 g/mol. The second kappa shape index (κ2) is 6.78. The zero-order valence-electron chi connectivity index (χ0n) is 10.4. The van der Waals surface area contributed by atoms with Crippen LogP contribution in [0.5, 0.6) is 0 Å². The third-order valence-corrected chi connectivity index (χ3v) is 4.36. The van der Waals surface area contributed by atoms with E-state index < -0.39 is 0 Å². The topological polar surface area (TPSA) is 49.8 Å². The van der Waals surface area contributed by atoms with E-state index >= 15 is 0 Å². The highest BCUT2D eigenvalue weighted by Crippen LogP contribution is 2.30. The molecule has 0 saturated carbocycles. The zero-order chi connectivity index (χ0) is 13.8. The fourth-order valence-corrected chi connectivity index (χ4v) is 2.90. The minimum Gasteiger partial charge on any atom is -0.458 e. The number of nitrogens with zero attached hydrogens (tertiary/aromatic N) is 1. The van der Waals surface area contributed by atoms with Crippen molar-refractivity contribution < 1.29 is 13.9 Å². The molecule has 0 aliphatic heterocycles. The lowest BCUT2D eigenvalue weighted by Gasteiger charge is -2.17. The summed E-state index contributed by atoms with van der Waals surface area (Å²) >= 11 is 10.4. The largest absolute Gasteiger partial charge is 0.458 e. The average molecular weight is 364 g/mol. The van der Waals surface area contributed by atoms with Gasteiger partial charge in [-0.3, -0.25) is 0 Å². The third kappa shape index (κ3) is 3.53. The van der Waals surface area contributed by atoms with Gasteiger partial charge in [-0.15, -0.1) is 0 Å². The SMILES string of the molecule is CN(CCSCCO)c1cc(=S)c2occ(Br)c2o1. The minimum atomic E-state index is 0.211. The summed E-state index contributed by atoms with van der Waals surface area (Å²) in [7, 11) is 1.95. The van der Waals surface area contributed by atoms with Gasteiger partial charge in [-0.1, -0.05) is 12.2 Å². The Kier molecular flexibility index (Phi) is 5.32. The molecule has 0 aliphatic carbocycles. The van der Waals surface area contributed by atoms with Gasteiger partial charge in [0.05, 0.1) is 15.6 Å². The summed E-state index contributed by atoms with van der Waals surface area (Å²) < 4.78 is 12.5. The third-order valence-electron chi connectivity index (χ3n) is 2.57. The Bertz CT molecular complexity index is 611. The summed E-state index contributed by atoms with van der Waals surface area (Å²) in [5, 5.41) is 8.73. The first-order valence-corrected chi connectivity index (χ1v) is 8.09. The Morgan fingerprint density at radius 1 is 1.42 bits per heavy atom. The molecule has 0 fully saturated rings. The molecule has 4 nitrogen and oxygen atoms in total. The highest BCUT2D eigenvalue weighted by molar-refractivity contribution is 9.10. The molecule has 0 spiro atoms. The Hall–Kier alpha value is -0.500. The number of aliphatic hydroxyl groups is 1. The van der Waals surface area contributed by atoms with Crippen LogP contribution in [0.2, 0.25) is 0 Å². The second-order valence-electron chi connectivity index (χ2n) is 3.95. The number of rotatable bonds is 6. The van der Waals surface area contributed by atoms with Crippen LogP contribution < -0.4 is 4.90 Å². The number of thioether (sulfide) groups is 1. The van der Waals surface area contributed by atoms with Crippen molar-refractivity contribution >= 4 is 57.0 Å². The maximum atomic E-state index is 8.73. The summed E-state index contributed by atoms with van der Waals surface area (Å²) in [6.07, 6.45) is 1.57. The molecule has 19 heavy (non-hydrogen) atoms. The number of fused-ring (bicyclic) bond motifs is 1. The molecule has 0 bridgehead atoms. The fourth-order valence-electron chi connectivity index (χ4n) is 1.57. The molecule has 0 unspecified atom stereocenters. The molecule has 104 valence electrons. The molecule has 0 aromatic carbocycles. The first kappa shape index (κ1) is 14.9. The van der Waals surface area contributed by atoms with Gasteiger partial charge in [0.2, 0.25) is 0 Å². The van der Waals surface area contributed by atoms with Crippen LogP contribution in [-0.2, 0) is 0 Å². The van der Waals surface area contributed by atoms with Crippen molar-refractivity contribution in [3.8, 4) is 0 Å². The molecule has 0 aliphatic rings. The number of furan rings is 1. The highest BCUT2D eigenvalue weighted by atomic mass is 79.9. The van der Waals surface area contributed by atoms with E-state index in [1.54, 1.807) is 24.1 Å². The first-order valence-electron chi connectivity index (χ1n) is 5.74. The second-order valence-corrected chi connectivity index (χ2v) is 6.47. The molecule has 0 saturated heterocycles. The Morgan fingerprint density at radius 2 is 2.21 bits per heavy atom. The van der Waals surface area contributed by atoms with E-state index in [-0.39, 0.29) is 6.61 Å². The van der Waals surface area contributed by atoms with Crippen molar-refractivity contribution in [1.29, 1.82) is 0 Å². The van der Waals surface area contributed by atoms with E-state index in [2.05, 4.69) is 15.9 Å². The minimum absolute atomic E-state index is 0.211. The van der Waals surface area contributed by atoms with Crippen molar-refractivity contribution in [2.75, 3.05) is 36.6 Å². The summed E-state index contributed by atoms with van der Waals surface area (Å²) in [5.41, 5.74) is 1.23. The van der Waals surface area contributed by atoms with E-state index in [4.69, 9.17) is 26.2 Å². The Balaban J connectivity index is 2.15. The van der Waals surface area contributed by atoms with Crippen LogP contribution in [0.1, 0.15) is 0 Å². The van der Waals surface area contributed by atoms with Crippen LogP contribution in [0.4, 0.5) is 5.88 Å². The van der Waals surface area contributed by atoms with Crippen molar-refractivity contribution in [3.63, 3.8) is 0 Å². The molecule has 0 amide bonds. The maximum Gasteiger partial charge on any atom is 0.197 e.